The largest absolute Gasteiger partial charge is 0.487 e. The second-order valence-corrected chi connectivity index (χ2v) is 5.81. The summed E-state index contributed by atoms with van der Waals surface area (Å²) in [5.74, 6) is 1.25. The molecular formula is C14H11Br2ClO. The molecule has 2 rings (SSSR count). The molecule has 18 heavy (non-hydrogen) atoms. The van der Waals surface area contributed by atoms with Crippen LogP contribution in [-0.4, -0.2) is 0 Å². The van der Waals surface area contributed by atoms with Gasteiger partial charge >= 0.3 is 0 Å². The Balaban J connectivity index is 2.12. The maximum Gasteiger partial charge on any atom is 0.138 e. The first-order valence-corrected chi connectivity index (χ1v) is 7.53. The van der Waals surface area contributed by atoms with Crippen molar-refractivity contribution in [3.63, 3.8) is 0 Å². The standard InChI is InChI=1S/C14H11Br2ClO/c15-12-6-4-10(5-7-12)9-18-14-11(8-17)2-1-3-13(14)16/h1-7H,8-9H2. The minimum absolute atomic E-state index is 0.440. The van der Waals surface area contributed by atoms with E-state index in [-0.39, 0.29) is 0 Å². The van der Waals surface area contributed by atoms with Crippen LogP contribution >= 0.6 is 43.5 Å². The lowest BCUT2D eigenvalue weighted by atomic mass is 10.2. The van der Waals surface area contributed by atoms with Gasteiger partial charge in [0.15, 0.2) is 0 Å². The van der Waals surface area contributed by atoms with Crippen molar-refractivity contribution >= 4 is 43.5 Å². The fraction of sp³-hybridized carbons (Fsp3) is 0.143. The normalized spacial score (nSPS) is 10.4. The molecule has 0 spiro atoms. The molecule has 0 saturated carbocycles. The van der Waals surface area contributed by atoms with Gasteiger partial charge in [-0.15, -0.1) is 11.6 Å². The first-order valence-electron chi connectivity index (χ1n) is 5.41. The highest BCUT2D eigenvalue weighted by atomic mass is 79.9. The van der Waals surface area contributed by atoms with Gasteiger partial charge in [-0.3, -0.25) is 0 Å². The Morgan fingerprint density at radius 2 is 1.72 bits per heavy atom. The molecule has 0 N–H and O–H groups in total. The fourth-order valence-electron chi connectivity index (χ4n) is 1.56. The van der Waals surface area contributed by atoms with E-state index in [0.717, 1.165) is 25.8 Å². The van der Waals surface area contributed by atoms with Crippen LogP contribution in [0.15, 0.2) is 51.4 Å². The summed E-state index contributed by atoms with van der Waals surface area (Å²) in [6.45, 7) is 0.528. The molecule has 0 atom stereocenters. The highest BCUT2D eigenvalue weighted by molar-refractivity contribution is 9.10. The minimum Gasteiger partial charge on any atom is -0.487 e. The molecule has 94 valence electrons. The zero-order valence-corrected chi connectivity index (χ0v) is 13.4. The predicted molar refractivity (Wildman–Crippen MR) is 82.2 cm³/mol. The number of para-hydroxylation sites is 1. The van der Waals surface area contributed by atoms with Crippen LogP contribution in [0.25, 0.3) is 0 Å². The van der Waals surface area contributed by atoms with Crippen LogP contribution in [0.2, 0.25) is 0 Å². The van der Waals surface area contributed by atoms with E-state index in [1.807, 2.05) is 42.5 Å². The summed E-state index contributed by atoms with van der Waals surface area (Å²) in [6.07, 6.45) is 0. The Hall–Kier alpha value is -0.510. The Kier molecular flexibility index (Phi) is 5.10. The Morgan fingerprint density at radius 3 is 2.39 bits per heavy atom. The third-order valence-electron chi connectivity index (χ3n) is 2.49. The lowest BCUT2D eigenvalue weighted by molar-refractivity contribution is 0.302. The first kappa shape index (κ1) is 13.9. The van der Waals surface area contributed by atoms with Gasteiger partial charge in [0.05, 0.1) is 10.4 Å². The molecule has 0 heterocycles. The van der Waals surface area contributed by atoms with E-state index >= 15 is 0 Å². The molecule has 0 radical (unpaired) electrons. The number of hydrogen-bond donors (Lipinski definition) is 0. The van der Waals surface area contributed by atoms with Crippen LogP contribution < -0.4 is 4.74 Å². The van der Waals surface area contributed by atoms with Crippen molar-refractivity contribution in [2.45, 2.75) is 12.5 Å². The second kappa shape index (κ2) is 6.60. The van der Waals surface area contributed by atoms with Gasteiger partial charge in [0.1, 0.15) is 12.4 Å². The summed E-state index contributed by atoms with van der Waals surface area (Å²) in [4.78, 5) is 0. The molecule has 0 aromatic heterocycles. The highest BCUT2D eigenvalue weighted by Gasteiger charge is 2.07. The molecule has 2 aromatic carbocycles. The molecule has 0 bridgehead atoms. The second-order valence-electron chi connectivity index (χ2n) is 3.78. The fourth-order valence-corrected chi connectivity index (χ4v) is 2.55. The third kappa shape index (κ3) is 3.50. The van der Waals surface area contributed by atoms with Crippen LogP contribution in [0.4, 0.5) is 0 Å². The Bertz CT molecular complexity index is 526. The molecule has 0 amide bonds. The van der Waals surface area contributed by atoms with Gasteiger partial charge in [0, 0.05) is 10.0 Å². The van der Waals surface area contributed by atoms with E-state index in [1.54, 1.807) is 0 Å². The van der Waals surface area contributed by atoms with E-state index in [9.17, 15) is 0 Å². The molecule has 2 aromatic rings. The van der Waals surface area contributed by atoms with Crippen molar-refractivity contribution in [2.24, 2.45) is 0 Å². The average Bonchev–Trinajstić information content (AvgIpc) is 2.39. The van der Waals surface area contributed by atoms with E-state index in [1.165, 1.54) is 0 Å². The topological polar surface area (TPSA) is 9.23 Å². The zero-order valence-electron chi connectivity index (χ0n) is 9.50. The van der Waals surface area contributed by atoms with Crippen LogP contribution in [0.5, 0.6) is 5.75 Å². The summed E-state index contributed by atoms with van der Waals surface area (Å²) in [7, 11) is 0. The first-order chi connectivity index (χ1) is 8.70. The maximum absolute atomic E-state index is 5.90. The van der Waals surface area contributed by atoms with Crippen LogP contribution in [0, 0.1) is 0 Å². The lowest BCUT2D eigenvalue weighted by Gasteiger charge is -2.12. The number of hydrogen-bond acceptors (Lipinski definition) is 1. The Labute approximate surface area is 128 Å². The van der Waals surface area contributed by atoms with Crippen molar-refractivity contribution in [3.05, 3.63) is 62.5 Å². The third-order valence-corrected chi connectivity index (χ3v) is 3.93. The molecule has 4 heteroatoms. The van der Waals surface area contributed by atoms with Crippen molar-refractivity contribution in [1.29, 1.82) is 0 Å². The molecular weight excluding hydrogens is 379 g/mol. The van der Waals surface area contributed by atoms with Crippen molar-refractivity contribution in [1.82, 2.24) is 0 Å². The highest BCUT2D eigenvalue weighted by Crippen LogP contribution is 2.30. The number of rotatable bonds is 4. The summed E-state index contributed by atoms with van der Waals surface area (Å²) < 4.78 is 7.83. The van der Waals surface area contributed by atoms with Gasteiger partial charge in [-0.25, -0.2) is 0 Å². The monoisotopic (exact) mass is 388 g/mol. The van der Waals surface area contributed by atoms with Crippen molar-refractivity contribution < 1.29 is 4.74 Å². The molecule has 0 unspecified atom stereocenters. The van der Waals surface area contributed by atoms with Gasteiger partial charge in [0.25, 0.3) is 0 Å². The van der Waals surface area contributed by atoms with E-state index < -0.39 is 0 Å². The smallest absolute Gasteiger partial charge is 0.138 e. The number of ether oxygens (including phenoxy) is 1. The molecule has 0 aliphatic rings. The maximum atomic E-state index is 5.90. The Morgan fingerprint density at radius 1 is 1.00 bits per heavy atom. The van der Waals surface area contributed by atoms with E-state index in [4.69, 9.17) is 16.3 Å². The van der Waals surface area contributed by atoms with Gasteiger partial charge in [-0.2, -0.15) is 0 Å². The molecule has 0 fully saturated rings. The summed E-state index contributed by atoms with van der Waals surface area (Å²) in [5, 5.41) is 0. The van der Waals surface area contributed by atoms with Gasteiger partial charge in [0.2, 0.25) is 0 Å². The van der Waals surface area contributed by atoms with E-state index in [0.29, 0.717) is 12.5 Å². The predicted octanol–water partition coefficient (Wildman–Crippen LogP) is 5.53. The quantitative estimate of drug-likeness (QED) is 0.624. The summed E-state index contributed by atoms with van der Waals surface area (Å²) in [5.41, 5.74) is 2.11. The zero-order chi connectivity index (χ0) is 13.0. The minimum atomic E-state index is 0.440. The SMILES string of the molecule is ClCc1cccc(Br)c1OCc1ccc(Br)cc1. The molecule has 0 saturated heterocycles. The van der Waals surface area contributed by atoms with Gasteiger partial charge < -0.3 is 4.74 Å². The summed E-state index contributed by atoms with van der Waals surface area (Å²) >= 11 is 12.8. The van der Waals surface area contributed by atoms with Crippen molar-refractivity contribution in [2.75, 3.05) is 0 Å². The lowest BCUT2D eigenvalue weighted by Crippen LogP contribution is -1.98. The van der Waals surface area contributed by atoms with E-state index in [2.05, 4.69) is 31.9 Å². The van der Waals surface area contributed by atoms with Crippen molar-refractivity contribution in [3.8, 4) is 5.75 Å². The van der Waals surface area contributed by atoms with Crippen LogP contribution in [0.3, 0.4) is 0 Å². The number of alkyl halides is 1. The van der Waals surface area contributed by atoms with Crippen LogP contribution in [0.1, 0.15) is 11.1 Å². The number of halogens is 3. The van der Waals surface area contributed by atoms with Gasteiger partial charge in [-0.05, 0) is 39.7 Å². The average molecular weight is 391 g/mol. The van der Waals surface area contributed by atoms with Crippen LogP contribution in [-0.2, 0) is 12.5 Å². The molecule has 0 aliphatic carbocycles. The molecule has 0 aliphatic heterocycles. The summed E-state index contributed by atoms with van der Waals surface area (Å²) in [6, 6.07) is 13.9. The molecule has 1 nitrogen and oxygen atoms in total. The number of benzene rings is 2. The van der Waals surface area contributed by atoms with Gasteiger partial charge in [-0.1, -0.05) is 40.2 Å².